The van der Waals surface area contributed by atoms with Gasteiger partial charge in [0.25, 0.3) is 0 Å². The molecule has 3 heterocycles. The maximum Gasteiger partial charge on any atom is 0.152 e. The minimum absolute atomic E-state index is 0.188. The molecule has 5 heteroatoms. The van der Waals surface area contributed by atoms with Crippen LogP contribution in [-0.4, -0.2) is 50.0 Å². The molecule has 2 aliphatic heterocycles. The van der Waals surface area contributed by atoms with Gasteiger partial charge in [-0.05, 0) is 46.1 Å². The van der Waals surface area contributed by atoms with Crippen LogP contribution in [0.5, 0.6) is 0 Å². The van der Waals surface area contributed by atoms with E-state index in [-0.39, 0.29) is 12.5 Å². The van der Waals surface area contributed by atoms with Crippen LogP contribution in [0.1, 0.15) is 63.5 Å². The molecule has 0 aliphatic carbocycles. The van der Waals surface area contributed by atoms with E-state index in [9.17, 15) is 5.11 Å². The van der Waals surface area contributed by atoms with Crippen molar-refractivity contribution in [2.45, 2.75) is 76.9 Å². The normalized spacial score (nSPS) is 27.0. The number of aryl methyl sites for hydroxylation is 1. The standard InChI is InChI=1S/C16H28N4O/c1-12(2)19-8-4-3-7-14(19)10-15-17-16-13(11-21)6-5-9-20(16)18-15/h12-14,21H,3-11H2,1-2H3. The Labute approximate surface area is 127 Å². The predicted octanol–water partition coefficient (Wildman–Crippen LogP) is 1.95. The number of hydrogen-bond donors (Lipinski definition) is 1. The number of likely N-dealkylation sites (tertiary alicyclic amines) is 1. The highest BCUT2D eigenvalue weighted by Gasteiger charge is 2.28. The van der Waals surface area contributed by atoms with Crippen LogP contribution in [0.2, 0.25) is 0 Å². The van der Waals surface area contributed by atoms with Crippen molar-refractivity contribution >= 4 is 0 Å². The molecule has 0 aromatic carbocycles. The van der Waals surface area contributed by atoms with E-state index in [1.54, 1.807) is 0 Å². The lowest BCUT2D eigenvalue weighted by Gasteiger charge is -2.38. The van der Waals surface area contributed by atoms with Gasteiger partial charge in [-0.1, -0.05) is 6.42 Å². The lowest BCUT2D eigenvalue weighted by Crippen LogP contribution is -2.45. The molecule has 0 bridgehead atoms. The first-order valence-corrected chi connectivity index (χ1v) is 8.49. The van der Waals surface area contributed by atoms with Gasteiger partial charge in [0.05, 0.1) is 6.61 Å². The van der Waals surface area contributed by atoms with Crippen LogP contribution in [0.25, 0.3) is 0 Å². The highest BCUT2D eigenvalue weighted by atomic mass is 16.3. The number of piperidine rings is 1. The summed E-state index contributed by atoms with van der Waals surface area (Å²) < 4.78 is 2.03. The average molecular weight is 292 g/mol. The third kappa shape index (κ3) is 3.14. The molecule has 0 spiro atoms. The van der Waals surface area contributed by atoms with E-state index in [1.165, 1.54) is 25.8 Å². The molecular formula is C16H28N4O. The van der Waals surface area contributed by atoms with Gasteiger partial charge in [-0.2, -0.15) is 5.10 Å². The van der Waals surface area contributed by atoms with Crippen LogP contribution in [0, 0.1) is 0 Å². The van der Waals surface area contributed by atoms with Crippen molar-refractivity contribution in [2.24, 2.45) is 0 Å². The summed E-state index contributed by atoms with van der Waals surface area (Å²) >= 11 is 0. The van der Waals surface area contributed by atoms with Gasteiger partial charge in [-0.3, -0.25) is 4.90 Å². The highest BCUT2D eigenvalue weighted by Crippen LogP contribution is 2.26. The Hall–Kier alpha value is -0.940. The summed E-state index contributed by atoms with van der Waals surface area (Å²) in [6.45, 7) is 6.92. The summed E-state index contributed by atoms with van der Waals surface area (Å²) in [5, 5.41) is 14.2. The van der Waals surface area contributed by atoms with Gasteiger partial charge in [-0.15, -0.1) is 0 Å². The molecule has 2 unspecified atom stereocenters. The Morgan fingerprint density at radius 2 is 2.05 bits per heavy atom. The minimum Gasteiger partial charge on any atom is -0.396 e. The number of rotatable bonds is 4. The van der Waals surface area contributed by atoms with Gasteiger partial charge in [0.1, 0.15) is 5.82 Å². The van der Waals surface area contributed by atoms with Crippen LogP contribution >= 0.6 is 0 Å². The summed E-state index contributed by atoms with van der Waals surface area (Å²) in [5.41, 5.74) is 0. The van der Waals surface area contributed by atoms with E-state index < -0.39 is 0 Å². The molecule has 2 aliphatic rings. The molecule has 2 atom stereocenters. The first-order valence-electron chi connectivity index (χ1n) is 8.49. The summed E-state index contributed by atoms with van der Waals surface area (Å²) in [5.74, 6) is 2.17. The van der Waals surface area contributed by atoms with E-state index in [1.807, 2.05) is 4.68 Å². The number of aliphatic hydroxyl groups excluding tert-OH is 1. The molecular weight excluding hydrogens is 264 g/mol. The second-order valence-electron chi connectivity index (χ2n) is 6.82. The molecule has 3 rings (SSSR count). The van der Waals surface area contributed by atoms with E-state index in [4.69, 9.17) is 10.1 Å². The average Bonchev–Trinajstić information content (AvgIpc) is 2.89. The van der Waals surface area contributed by atoms with Crippen LogP contribution in [-0.2, 0) is 13.0 Å². The Morgan fingerprint density at radius 3 is 2.81 bits per heavy atom. The van der Waals surface area contributed by atoms with Gasteiger partial charge in [0, 0.05) is 31.0 Å². The van der Waals surface area contributed by atoms with Crippen molar-refractivity contribution in [3.05, 3.63) is 11.6 Å². The third-order valence-corrected chi connectivity index (χ3v) is 5.01. The fourth-order valence-electron chi connectivity index (χ4n) is 3.88. The molecule has 1 fully saturated rings. The van der Waals surface area contributed by atoms with Crippen LogP contribution < -0.4 is 0 Å². The lowest BCUT2D eigenvalue weighted by atomic mass is 9.97. The molecule has 0 saturated carbocycles. The fraction of sp³-hybridized carbons (Fsp3) is 0.875. The number of aromatic nitrogens is 3. The zero-order valence-electron chi connectivity index (χ0n) is 13.3. The zero-order valence-corrected chi connectivity index (χ0v) is 13.3. The lowest BCUT2D eigenvalue weighted by molar-refractivity contribution is 0.110. The molecule has 5 nitrogen and oxygen atoms in total. The van der Waals surface area contributed by atoms with Gasteiger partial charge < -0.3 is 5.11 Å². The minimum atomic E-state index is 0.188. The van der Waals surface area contributed by atoms with Crippen molar-refractivity contribution < 1.29 is 5.11 Å². The molecule has 0 amide bonds. The summed E-state index contributed by atoms with van der Waals surface area (Å²) in [6.07, 6.45) is 6.98. The highest BCUT2D eigenvalue weighted by molar-refractivity contribution is 5.04. The van der Waals surface area contributed by atoms with E-state index in [0.717, 1.165) is 37.5 Å². The number of fused-ring (bicyclic) bond motifs is 1. The second-order valence-corrected chi connectivity index (χ2v) is 6.82. The van der Waals surface area contributed by atoms with Gasteiger partial charge >= 0.3 is 0 Å². The molecule has 1 N–H and O–H groups in total. The fourth-order valence-corrected chi connectivity index (χ4v) is 3.88. The molecule has 118 valence electrons. The largest absolute Gasteiger partial charge is 0.396 e. The smallest absolute Gasteiger partial charge is 0.152 e. The molecule has 1 aromatic rings. The first kappa shape index (κ1) is 15.0. The van der Waals surface area contributed by atoms with Crippen molar-refractivity contribution in [3.63, 3.8) is 0 Å². The summed E-state index contributed by atoms with van der Waals surface area (Å²) in [6, 6.07) is 1.17. The van der Waals surface area contributed by atoms with Gasteiger partial charge in [0.15, 0.2) is 5.82 Å². The Morgan fingerprint density at radius 1 is 1.19 bits per heavy atom. The van der Waals surface area contributed by atoms with Crippen LogP contribution in [0.4, 0.5) is 0 Å². The Kier molecular flexibility index (Phi) is 4.60. The Bertz CT molecular complexity index is 471. The molecule has 21 heavy (non-hydrogen) atoms. The number of hydrogen-bond acceptors (Lipinski definition) is 4. The van der Waals surface area contributed by atoms with Crippen molar-refractivity contribution in [3.8, 4) is 0 Å². The van der Waals surface area contributed by atoms with E-state index in [0.29, 0.717) is 12.1 Å². The third-order valence-electron chi connectivity index (χ3n) is 5.01. The SMILES string of the molecule is CC(C)N1CCCCC1Cc1nc2n(n1)CCCC2CO. The van der Waals surface area contributed by atoms with Gasteiger partial charge in [0.2, 0.25) is 0 Å². The zero-order chi connectivity index (χ0) is 14.8. The molecule has 1 saturated heterocycles. The quantitative estimate of drug-likeness (QED) is 0.921. The van der Waals surface area contributed by atoms with Crippen molar-refractivity contribution in [1.29, 1.82) is 0 Å². The Balaban J connectivity index is 1.74. The monoisotopic (exact) mass is 292 g/mol. The maximum absolute atomic E-state index is 9.49. The molecule has 0 radical (unpaired) electrons. The van der Waals surface area contributed by atoms with Crippen molar-refractivity contribution in [2.75, 3.05) is 13.2 Å². The summed E-state index contributed by atoms with van der Waals surface area (Å²) in [4.78, 5) is 7.36. The second kappa shape index (κ2) is 6.44. The van der Waals surface area contributed by atoms with Gasteiger partial charge in [-0.25, -0.2) is 9.67 Å². The summed E-state index contributed by atoms with van der Waals surface area (Å²) in [7, 11) is 0. The topological polar surface area (TPSA) is 54.2 Å². The van der Waals surface area contributed by atoms with Crippen molar-refractivity contribution in [1.82, 2.24) is 19.7 Å². The van der Waals surface area contributed by atoms with E-state index >= 15 is 0 Å². The maximum atomic E-state index is 9.49. The first-order chi connectivity index (χ1) is 10.2. The predicted molar refractivity (Wildman–Crippen MR) is 82.3 cm³/mol. The van der Waals surface area contributed by atoms with Crippen LogP contribution in [0.15, 0.2) is 0 Å². The van der Waals surface area contributed by atoms with Crippen LogP contribution in [0.3, 0.4) is 0 Å². The number of aliphatic hydroxyl groups is 1. The number of nitrogens with zero attached hydrogens (tertiary/aromatic N) is 4. The van der Waals surface area contributed by atoms with E-state index in [2.05, 4.69) is 18.7 Å². The molecule has 1 aromatic heterocycles.